The molecule has 2 aromatic rings. The summed E-state index contributed by atoms with van der Waals surface area (Å²) in [6.45, 7) is 0. The molecule has 0 bridgehead atoms. The molecule has 0 aliphatic carbocycles. The van der Waals surface area contributed by atoms with E-state index in [2.05, 4.69) is 20.5 Å². The van der Waals surface area contributed by atoms with Crippen molar-refractivity contribution < 1.29 is 27.9 Å². The lowest BCUT2D eigenvalue weighted by Gasteiger charge is -2.09. The molecule has 0 saturated carbocycles. The summed E-state index contributed by atoms with van der Waals surface area (Å²) in [6.07, 6.45) is -5.06. The number of benzene rings is 1. The van der Waals surface area contributed by atoms with Gasteiger partial charge in [0.25, 0.3) is 5.56 Å². The highest BCUT2D eigenvalue weighted by Crippen LogP contribution is 2.30. The van der Waals surface area contributed by atoms with Crippen LogP contribution in [0.5, 0.6) is 0 Å². The van der Waals surface area contributed by atoms with E-state index in [-0.39, 0.29) is 35.1 Å². The van der Waals surface area contributed by atoms with Gasteiger partial charge in [-0.3, -0.25) is 14.6 Å². The Morgan fingerprint density at radius 3 is 2.63 bits per heavy atom. The first-order valence-electron chi connectivity index (χ1n) is 7.41. The summed E-state index contributed by atoms with van der Waals surface area (Å²) in [5.74, 6) is -2.18. The zero-order chi connectivity index (χ0) is 20.0. The molecule has 144 valence electrons. The van der Waals surface area contributed by atoms with E-state index in [1.54, 1.807) is 0 Å². The highest BCUT2D eigenvalue weighted by molar-refractivity contribution is 7.99. The van der Waals surface area contributed by atoms with Crippen LogP contribution >= 0.6 is 11.8 Å². The fourth-order valence-corrected chi connectivity index (χ4v) is 2.50. The van der Waals surface area contributed by atoms with Crippen molar-refractivity contribution in [2.45, 2.75) is 24.2 Å². The molecule has 0 fully saturated rings. The molecule has 1 aromatic carbocycles. The zero-order valence-electron chi connectivity index (χ0n) is 13.5. The summed E-state index contributed by atoms with van der Waals surface area (Å²) in [6, 6.07) is 4.16. The number of carboxylic acid groups (broad SMARTS) is 1. The molecule has 0 aliphatic heterocycles. The van der Waals surface area contributed by atoms with E-state index in [9.17, 15) is 32.7 Å². The van der Waals surface area contributed by atoms with Crippen molar-refractivity contribution in [3.63, 3.8) is 0 Å². The molecule has 1 aromatic heterocycles. The highest BCUT2D eigenvalue weighted by atomic mass is 32.2. The Labute approximate surface area is 154 Å². The summed E-state index contributed by atoms with van der Waals surface area (Å²) >= 11 is 0.813. The van der Waals surface area contributed by atoms with Gasteiger partial charge >= 0.3 is 6.18 Å². The van der Waals surface area contributed by atoms with Crippen LogP contribution in [-0.2, 0) is 22.2 Å². The fraction of sp³-hybridized carbons (Fsp3) is 0.267. The number of aryl methyl sites for hydroxylation is 1. The Kier molecular flexibility index (Phi) is 6.55. The van der Waals surface area contributed by atoms with Crippen LogP contribution in [0.4, 0.5) is 18.9 Å². The van der Waals surface area contributed by atoms with Crippen molar-refractivity contribution in [3.8, 4) is 0 Å². The number of alkyl halides is 3. The van der Waals surface area contributed by atoms with E-state index in [0.29, 0.717) is 0 Å². The van der Waals surface area contributed by atoms with E-state index < -0.39 is 29.2 Å². The number of carbonyl (C=O) groups excluding carboxylic acids is 2. The number of halogens is 3. The molecule has 0 saturated heterocycles. The largest absolute Gasteiger partial charge is 0.550 e. The number of thioether (sulfide) groups is 1. The van der Waals surface area contributed by atoms with Crippen molar-refractivity contribution in [1.82, 2.24) is 15.2 Å². The van der Waals surface area contributed by atoms with Gasteiger partial charge in [-0.15, -0.1) is 10.2 Å². The molecule has 12 heteroatoms. The van der Waals surface area contributed by atoms with Gasteiger partial charge in [-0.25, -0.2) is 0 Å². The van der Waals surface area contributed by atoms with E-state index in [1.165, 1.54) is 12.1 Å². The Hall–Kier alpha value is -2.89. The Morgan fingerprint density at radius 1 is 1.26 bits per heavy atom. The number of carboxylic acids is 1. The third-order valence-electron chi connectivity index (χ3n) is 3.12. The number of amides is 1. The second-order valence-corrected chi connectivity index (χ2v) is 6.16. The first kappa shape index (κ1) is 20.4. The van der Waals surface area contributed by atoms with E-state index in [1.807, 2.05) is 0 Å². The van der Waals surface area contributed by atoms with Crippen molar-refractivity contribution in [3.05, 3.63) is 45.9 Å². The monoisotopic (exact) mass is 401 g/mol. The highest BCUT2D eigenvalue weighted by Gasteiger charge is 2.30. The van der Waals surface area contributed by atoms with Crippen molar-refractivity contribution in [1.29, 1.82) is 0 Å². The Bertz CT molecular complexity index is 901. The van der Waals surface area contributed by atoms with Crippen LogP contribution in [0.2, 0.25) is 0 Å². The number of aromatic nitrogens is 3. The number of H-pyrrole nitrogens is 1. The lowest BCUT2D eigenvalue weighted by molar-refractivity contribution is -0.305. The summed E-state index contributed by atoms with van der Waals surface area (Å²) in [4.78, 5) is 36.3. The van der Waals surface area contributed by atoms with Crippen LogP contribution in [0.15, 0.2) is 34.2 Å². The van der Waals surface area contributed by atoms with Gasteiger partial charge in [0.15, 0.2) is 5.16 Å². The van der Waals surface area contributed by atoms with Gasteiger partial charge in [-0.2, -0.15) is 13.2 Å². The van der Waals surface area contributed by atoms with Crippen LogP contribution < -0.4 is 16.0 Å². The molecule has 1 amide bonds. The standard InChI is InChI=1S/C15H13F3N4O4S/c16-15(17,18)8-2-1-3-9(6-8)19-11(23)7-27-14-20-13(26)10(21-22-14)4-5-12(24)25/h1-3,6H,4-5,7H2,(H,19,23)(H,24,25)(H,20,22,26)/p-1. The van der Waals surface area contributed by atoms with Crippen LogP contribution in [0.3, 0.4) is 0 Å². The average molecular weight is 401 g/mol. The third-order valence-corrected chi connectivity index (χ3v) is 3.99. The van der Waals surface area contributed by atoms with E-state index in [4.69, 9.17) is 0 Å². The topological polar surface area (TPSA) is 128 Å². The summed E-state index contributed by atoms with van der Waals surface area (Å²) in [5.41, 5.74) is -1.65. The number of carbonyl (C=O) groups is 2. The average Bonchev–Trinajstić information content (AvgIpc) is 2.58. The molecule has 2 N–H and O–H groups in total. The van der Waals surface area contributed by atoms with Crippen LogP contribution in [0.1, 0.15) is 17.7 Å². The minimum absolute atomic E-state index is 0.0105. The Morgan fingerprint density at radius 2 is 2.00 bits per heavy atom. The first-order chi connectivity index (χ1) is 12.6. The van der Waals surface area contributed by atoms with Gasteiger partial charge < -0.3 is 15.2 Å². The van der Waals surface area contributed by atoms with Crippen molar-refractivity contribution >= 4 is 29.3 Å². The molecule has 1 heterocycles. The van der Waals surface area contributed by atoms with Gasteiger partial charge in [-0.1, -0.05) is 17.8 Å². The van der Waals surface area contributed by atoms with Gasteiger partial charge in [0.2, 0.25) is 5.91 Å². The SMILES string of the molecule is O=C([O-])CCc1nnc(SCC(=O)Nc2cccc(C(F)(F)F)c2)[nH]c1=O. The molecule has 2 rings (SSSR count). The summed E-state index contributed by atoms with van der Waals surface area (Å²) in [7, 11) is 0. The number of hydrogen-bond donors (Lipinski definition) is 2. The predicted octanol–water partition coefficient (Wildman–Crippen LogP) is 0.597. The molecule has 8 nitrogen and oxygen atoms in total. The lowest BCUT2D eigenvalue weighted by atomic mass is 10.2. The van der Waals surface area contributed by atoms with Gasteiger partial charge in [0, 0.05) is 18.1 Å². The van der Waals surface area contributed by atoms with Crippen LogP contribution in [-0.4, -0.2) is 32.8 Å². The van der Waals surface area contributed by atoms with Crippen LogP contribution in [0.25, 0.3) is 0 Å². The minimum atomic E-state index is -4.52. The summed E-state index contributed by atoms with van der Waals surface area (Å²) < 4.78 is 37.9. The Balaban J connectivity index is 1.93. The van der Waals surface area contributed by atoms with Crippen LogP contribution in [0, 0.1) is 0 Å². The number of hydrogen-bond acceptors (Lipinski definition) is 7. The number of nitrogens with one attached hydrogen (secondary N) is 2. The third kappa shape index (κ3) is 6.40. The van der Waals surface area contributed by atoms with Crippen molar-refractivity contribution in [2.75, 3.05) is 11.1 Å². The van der Waals surface area contributed by atoms with E-state index in [0.717, 1.165) is 23.9 Å². The number of anilines is 1. The molecule has 0 atom stereocenters. The van der Waals surface area contributed by atoms with E-state index >= 15 is 0 Å². The second kappa shape index (κ2) is 8.66. The van der Waals surface area contributed by atoms with Gasteiger partial charge in [0.1, 0.15) is 5.69 Å². The molecule has 0 unspecified atom stereocenters. The fourth-order valence-electron chi connectivity index (χ4n) is 1.90. The summed E-state index contributed by atoms with van der Waals surface area (Å²) in [5, 5.41) is 19.9. The normalized spacial score (nSPS) is 11.2. The molecular formula is C15H12F3N4O4S-. The number of aromatic amines is 1. The maximum absolute atomic E-state index is 12.6. The molecule has 27 heavy (non-hydrogen) atoms. The number of aliphatic carboxylic acids is 1. The van der Waals surface area contributed by atoms with Crippen molar-refractivity contribution in [2.24, 2.45) is 0 Å². The second-order valence-electron chi connectivity index (χ2n) is 5.19. The predicted molar refractivity (Wildman–Crippen MR) is 86.8 cm³/mol. The molecule has 0 aliphatic rings. The quantitative estimate of drug-likeness (QED) is 0.650. The maximum Gasteiger partial charge on any atom is 0.416 e. The number of rotatable bonds is 7. The van der Waals surface area contributed by atoms with Gasteiger partial charge in [-0.05, 0) is 24.6 Å². The molecular weight excluding hydrogens is 389 g/mol. The van der Waals surface area contributed by atoms with Gasteiger partial charge in [0.05, 0.1) is 11.3 Å². The zero-order valence-corrected chi connectivity index (χ0v) is 14.3. The smallest absolute Gasteiger partial charge is 0.416 e. The lowest BCUT2D eigenvalue weighted by Crippen LogP contribution is -2.25. The first-order valence-corrected chi connectivity index (χ1v) is 8.39. The molecule has 0 radical (unpaired) electrons. The molecule has 0 spiro atoms. The number of nitrogens with zero attached hydrogens (tertiary/aromatic N) is 2. The maximum atomic E-state index is 12.6. The minimum Gasteiger partial charge on any atom is -0.550 e.